The number of nitrogens with one attached hydrogen (secondary N) is 1. The second-order valence-electron chi connectivity index (χ2n) is 4.72. The Kier molecular flexibility index (Phi) is 4.59. The number of nitrogens with zero attached hydrogens (tertiary/aromatic N) is 2. The van der Waals surface area contributed by atoms with Gasteiger partial charge in [-0.1, -0.05) is 6.07 Å². The van der Waals surface area contributed by atoms with E-state index in [-0.39, 0.29) is 11.2 Å². The zero-order valence-electron chi connectivity index (χ0n) is 12.2. The Bertz CT molecular complexity index is 748. The average molecular weight is 351 g/mol. The van der Waals surface area contributed by atoms with Crippen molar-refractivity contribution >= 4 is 5.91 Å². The van der Waals surface area contributed by atoms with Gasteiger partial charge in [-0.25, -0.2) is 4.68 Å². The van der Waals surface area contributed by atoms with Crippen LogP contribution in [-0.4, -0.2) is 22.2 Å². The summed E-state index contributed by atoms with van der Waals surface area (Å²) in [6, 6.07) is 3.26. The van der Waals surface area contributed by atoms with Crippen molar-refractivity contribution in [2.24, 2.45) is 0 Å². The van der Waals surface area contributed by atoms with E-state index in [1.807, 2.05) is 0 Å². The van der Waals surface area contributed by atoms with Crippen LogP contribution in [0.15, 0.2) is 30.5 Å². The lowest BCUT2D eigenvalue weighted by Crippen LogP contribution is -2.26. The van der Waals surface area contributed by atoms with Crippen molar-refractivity contribution in [2.75, 3.05) is 6.54 Å². The zero-order valence-corrected chi connectivity index (χ0v) is 12.2. The van der Waals surface area contributed by atoms with E-state index < -0.39 is 40.8 Å². The summed E-state index contributed by atoms with van der Waals surface area (Å²) in [5, 5.41) is 5.65. The number of carbonyl (C=O) groups excluding carboxylic acids is 1. The van der Waals surface area contributed by atoms with Gasteiger partial charge in [0.25, 0.3) is 5.91 Å². The molecular formula is C14H11F6N3O. The molecule has 130 valence electrons. The van der Waals surface area contributed by atoms with Crippen LogP contribution in [0.4, 0.5) is 26.3 Å². The summed E-state index contributed by atoms with van der Waals surface area (Å²) in [4.78, 5) is 11.7. The Morgan fingerprint density at radius 3 is 2.38 bits per heavy atom. The van der Waals surface area contributed by atoms with Crippen LogP contribution in [0.3, 0.4) is 0 Å². The lowest BCUT2D eigenvalue weighted by Gasteiger charge is -2.14. The van der Waals surface area contributed by atoms with E-state index in [1.165, 1.54) is 6.92 Å². The highest BCUT2D eigenvalue weighted by Gasteiger charge is 2.41. The first-order chi connectivity index (χ1) is 11.1. The number of rotatable bonds is 3. The van der Waals surface area contributed by atoms with Gasteiger partial charge in [0, 0.05) is 6.54 Å². The molecule has 0 aliphatic rings. The molecule has 0 unspecified atom stereocenters. The van der Waals surface area contributed by atoms with Gasteiger partial charge < -0.3 is 5.32 Å². The number of aromatic nitrogens is 2. The minimum atomic E-state index is -4.98. The molecule has 2 rings (SSSR count). The first-order valence-electron chi connectivity index (χ1n) is 6.66. The van der Waals surface area contributed by atoms with Crippen LogP contribution in [-0.2, 0) is 12.4 Å². The number of alkyl halides is 6. The van der Waals surface area contributed by atoms with Crippen molar-refractivity contribution in [3.05, 3.63) is 47.3 Å². The third-order valence-electron chi connectivity index (χ3n) is 3.04. The van der Waals surface area contributed by atoms with Crippen LogP contribution in [0.25, 0.3) is 5.69 Å². The van der Waals surface area contributed by atoms with E-state index >= 15 is 0 Å². The molecular weight excluding hydrogens is 340 g/mol. The van der Waals surface area contributed by atoms with E-state index in [1.54, 1.807) is 0 Å². The summed E-state index contributed by atoms with van der Waals surface area (Å²) in [5.41, 5.74) is -3.77. The molecule has 0 saturated carbocycles. The fourth-order valence-corrected chi connectivity index (χ4v) is 2.05. The molecule has 0 spiro atoms. The monoisotopic (exact) mass is 351 g/mol. The van der Waals surface area contributed by atoms with Crippen molar-refractivity contribution in [1.82, 2.24) is 15.1 Å². The maximum Gasteiger partial charge on any atom is 0.434 e. The number of amides is 1. The molecule has 1 amide bonds. The molecule has 0 radical (unpaired) electrons. The van der Waals surface area contributed by atoms with Crippen molar-refractivity contribution in [2.45, 2.75) is 19.3 Å². The molecule has 10 heteroatoms. The average Bonchev–Trinajstić information content (AvgIpc) is 2.92. The number of hydrogen-bond donors (Lipinski definition) is 1. The predicted octanol–water partition coefficient (Wildman–Crippen LogP) is 3.66. The van der Waals surface area contributed by atoms with E-state index in [9.17, 15) is 31.1 Å². The Labute approximate surface area is 132 Å². The normalized spacial score (nSPS) is 12.3. The molecule has 0 atom stereocenters. The molecule has 2 aromatic rings. The predicted molar refractivity (Wildman–Crippen MR) is 71.6 cm³/mol. The molecule has 0 aliphatic carbocycles. The third kappa shape index (κ3) is 3.52. The van der Waals surface area contributed by atoms with Crippen LogP contribution in [0, 0.1) is 0 Å². The third-order valence-corrected chi connectivity index (χ3v) is 3.04. The van der Waals surface area contributed by atoms with Gasteiger partial charge in [0.05, 0.1) is 23.0 Å². The fourth-order valence-electron chi connectivity index (χ4n) is 2.05. The molecule has 1 N–H and O–H groups in total. The van der Waals surface area contributed by atoms with Crippen LogP contribution in [0.1, 0.15) is 28.5 Å². The second-order valence-corrected chi connectivity index (χ2v) is 4.72. The minimum Gasteiger partial charge on any atom is -0.352 e. The summed E-state index contributed by atoms with van der Waals surface area (Å²) in [6.45, 7) is 1.60. The molecule has 1 heterocycles. The highest BCUT2D eigenvalue weighted by molar-refractivity contribution is 5.95. The maximum atomic E-state index is 13.3. The number of carbonyl (C=O) groups is 1. The highest BCUT2D eigenvalue weighted by atomic mass is 19.4. The van der Waals surface area contributed by atoms with Crippen molar-refractivity contribution < 1.29 is 31.1 Å². The van der Waals surface area contributed by atoms with Gasteiger partial charge in [0.2, 0.25) is 0 Å². The largest absolute Gasteiger partial charge is 0.434 e. The topological polar surface area (TPSA) is 46.9 Å². The summed E-state index contributed by atoms with van der Waals surface area (Å²) in [7, 11) is 0. The lowest BCUT2D eigenvalue weighted by molar-refractivity contribution is -0.143. The minimum absolute atomic E-state index is 0.0882. The van der Waals surface area contributed by atoms with Crippen molar-refractivity contribution in [3.8, 4) is 5.69 Å². The van der Waals surface area contributed by atoms with Crippen LogP contribution in [0.5, 0.6) is 0 Å². The number of halogens is 6. The SMILES string of the molecule is CCNC(=O)c1cnn(-c2cccc(C(F)(F)F)c2)c1C(F)(F)F. The molecule has 4 nitrogen and oxygen atoms in total. The van der Waals surface area contributed by atoms with E-state index in [2.05, 4.69) is 10.4 Å². The molecule has 24 heavy (non-hydrogen) atoms. The van der Waals surface area contributed by atoms with Gasteiger partial charge in [-0.2, -0.15) is 31.4 Å². The van der Waals surface area contributed by atoms with E-state index in [0.717, 1.165) is 18.2 Å². The fraction of sp³-hybridized carbons (Fsp3) is 0.286. The van der Waals surface area contributed by atoms with Crippen molar-refractivity contribution in [3.63, 3.8) is 0 Å². The summed E-state index contributed by atoms with van der Waals surface area (Å²) < 4.78 is 78.4. The Balaban J connectivity index is 2.62. The number of benzene rings is 1. The van der Waals surface area contributed by atoms with Crippen LogP contribution in [0.2, 0.25) is 0 Å². The Morgan fingerprint density at radius 1 is 1.17 bits per heavy atom. The van der Waals surface area contributed by atoms with Crippen LogP contribution >= 0.6 is 0 Å². The highest BCUT2D eigenvalue weighted by Crippen LogP contribution is 2.35. The molecule has 0 saturated heterocycles. The summed E-state index contributed by atoms with van der Waals surface area (Å²) >= 11 is 0. The van der Waals surface area contributed by atoms with Gasteiger partial charge >= 0.3 is 12.4 Å². The summed E-state index contributed by atoms with van der Waals surface area (Å²) in [6.07, 6.45) is -9.02. The van der Waals surface area contributed by atoms with Gasteiger partial charge in [-0.3, -0.25) is 4.79 Å². The molecule has 0 bridgehead atoms. The van der Waals surface area contributed by atoms with Gasteiger partial charge in [0.1, 0.15) is 0 Å². The van der Waals surface area contributed by atoms with Gasteiger partial charge in [0.15, 0.2) is 5.69 Å². The van der Waals surface area contributed by atoms with Crippen LogP contribution < -0.4 is 5.32 Å². The quantitative estimate of drug-likeness (QED) is 0.858. The van der Waals surface area contributed by atoms with E-state index in [4.69, 9.17) is 0 Å². The maximum absolute atomic E-state index is 13.3. The Morgan fingerprint density at radius 2 is 1.83 bits per heavy atom. The Hall–Kier alpha value is -2.52. The molecule has 1 aromatic heterocycles. The number of hydrogen-bond acceptors (Lipinski definition) is 2. The standard InChI is InChI=1S/C14H11F6N3O/c1-2-21-12(24)10-7-22-23(11(10)14(18,19)20)9-5-3-4-8(6-9)13(15,16)17/h3-7H,2H2,1H3,(H,21,24). The van der Waals surface area contributed by atoms with Gasteiger partial charge in [-0.15, -0.1) is 0 Å². The first-order valence-corrected chi connectivity index (χ1v) is 6.66. The van der Waals surface area contributed by atoms with E-state index in [0.29, 0.717) is 12.3 Å². The first kappa shape index (κ1) is 17.8. The summed E-state index contributed by atoms with van der Waals surface area (Å²) in [5.74, 6) is -1.01. The lowest BCUT2D eigenvalue weighted by atomic mass is 10.1. The molecule has 0 aliphatic heterocycles. The molecule has 1 aromatic carbocycles. The van der Waals surface area contributed by atoms with Gasteiger partial charge in [-0.05, 0) is 25.1 Å². The molecule has 0 fully saturated rings. The zero-order chi connectivity index (χ0) is 18.1. The smallest absolute Gasteiger partial charge is 0.352 e. The van der Waals surface area contributed by atoms with Crippen molar-refractivity contribution in [1.29, 1.82) is 0 Å². The second kappa shape index (κ2) is 6.17.